The van der Waals surface area contributed by atoms with Crippen LogP contribution >= 0.6 is 0 Å². The van der Waals surface area contributed by atoms with Crippen LogP contribution in [0, 0.1) is 6.92 Å². The molecule has 1 amide bonds. The molecular weight excluding hydrogens is 409 g/mol. The molecule has 0 saturated heterocycles. The van der Waals surface area contributed by atoms with Gasteiger partial charge in [0.15, 0.2) is 5.82 Å². The molecule has 0 unspecified atom stereocenters. The maximum atomic E-state index is 12.7. The van der Waals surface area contributed by atoms with E-state index < -0.39 is 11.7 Å². The molecule has 0 radical (unpaired) electrons. The second-order valence-electron chi connectivity index (χ2n) is 7.27. The summed E-state index contributed by atoms with van der Waals surface area (Å²) in [5, 5.41) is 6.97. The van der Waals surface area contributed by atoms with Crippen LogP contribution in [0.1, 0.15) is 46.6 Å². The summed E-state index contributed by atoms with van der Waals surface area (Å²) >= 11 is 0. The number of nitrogens with one attached hydrogen (secondary N) is 1. The molecule has 2 heterocycles. The minimum absolute atomic E-state index is 0.0925. The number of amides is 1. The zero-order valence-corrected chi connectivity index (χ0v) is 17.4. The summed E-state index contributed by atoms with van der Waals surface area (Å²) in [5.41, 5.74) is 1.86. The molecule has 0 aliphatic rings. The molecule has 1 N–H and O–H groups in total. The van der Waals surface area contributed by atoms with Crippen molar-refractivity contribution < 1.29 is 22.7 Å². The number of hydrogen-bond acceptors (Lipinski definition) is 4. The number of benzene rings is 1. The Bertz CT molecular complexity index is 1040. The average Bonchev–Trinajstić information content (AvgIpc) is 3.12. The van der Waals surface area contributed by atoms with Crippen LogP contribution in [0.4, 0.5) is 13.2 Å². The van der Waals surface area contributed by atoms with E-state index in [0.29, 0.717) is 24.4 Å². The largest absolute Gasteiger partial charge is 0.417 e. The normalized spacial score (nSPS) is 11.7. The van der Waals surface area contributed by atoms with E-state index in [0.717, 1.165) is 23.4 Å². The van der Waals surface area contributed by atoms with Crippen molar-refractivity contribution in [2.75, 3.05) is 0 Å². The van der Waals surface area contributed by atoms with Crippen LogP contribution in [0.3, 0.4) is 0 Å². The maximum absolute atomic E-state index is 12.7. The Labute approximate surface area is 178 Å². The van der Waals surface area contributed by atoms with Gasteiger partial charge in [-0.3, -0.25) is 4.79 Å². The lowest BCUT2D eigenvalue weighted by Gasteiger charge is -2.13. The van der Waals surface area contributed by atoms with Crippen molar-refractivity contribution in [3.05, 3.63) is 76.7 Å². The Balaban J connectivity index is 1.71. The van der Waals surface area contributed by atoms with Gasteiger partial charge in [-0.15, -0.1) is 0 Å². The zero-order chi connectivity index (χ0) is 22.6. The van der Waals surface area contributed by atoms with Gasteiger partial charge in [-0.2, -0.15) is 18.3 Å². The number of aromatic nitrogens is 3. The van der Waals surface area contributed by atoms with Crippen molar-refractivity contribution in [2.45, 2.75) is 46.2 Å². The third-order valence-electron chi connectivity index (χ3n) is 4.68. The molecule has 0 aliphatic heterocycles. The molecule has 0 bridgehead atoms. The lowest BCUT2D eigenvalue weighted by molar-refractivity contribution is -0.137. The smallest absolute Gasteiger partial charge is 0.374 e. The van der Waals surface area contributed by atoms with Crippen LogP contribution in [0.5, 0.6) is 0 Å². The topological polar surface area (TPSA) is 69.0 Å². The predicted molar refractivity (Wildman–Crippen MR) is 109 cm³/mol. The lowest BCUT2D eigenvalue weighted by atomic mass is 10.1. The monoisotopic (exact) mass is 432 g/mol. The molecular formula is C22H23F3N4O2. The fourth-order valence-corrected chi connectivity index (χ4v) is 2.94. The standard InChI is InChI=1S/C22H23F3N4O2/c1-14(2)31-13-17-7-5-4-6-16(17)10-27-21(30)19-12-28-29(15(19)3)20-9-8-18(11-26-20)22(23,24)25/h4-9,11-12,14H,10,13H2,1-3H3,(H,27,30). The quantitative estimate of drug-likeness (QED) is 0.599. The lowest BCUT2D eigenvalue weighted by Crippen LogP contribution is -2.24. The van der Waals surface area contributed by atoms with Gasteiger partial charge in [-0.25, -0.2) is 9.67 Å². The van der Waals surface area contributed by atoms with Gasteiger partial charge in [0.2, 0.25) is 0 Å². The number of alkyl halides is 3. The van der Waals surface area contributed by atoms with E-state index in [1.807, 2.05) is 38.1 Å². The Kier molecular flexibility index (Phi) is 6.74. The third kappa shape index (κ3) is 5.49. The molecule has 0 atom stereocenters. The number of hydrogen-bond donors (Lipinski definition) is 1. The number of carbonyl (C=O) groups excluding carboxylic acids is 1. The number of halogens is 3. The molecule has 2 aromatic heterocycles. The van der Waals surface area contributed by atoms with Crippen molar-refractivity contribution in [3.63, 3.8) is 0 Å². The Morgan fingerprint density at radius 1 is 1.13 bits per heavy atom. The van der Waals surface area contributed by atoms with Crippen molar-refractivity contribution >= 4 is 5.91 Å². The second-order valence-corrected chi connectivity index (χ2v) is 7.27. The van der Waals surface area contributed by atoms with E-state index in [1.54, 1.807) is 6.92 Å². The van der Waals surface area contributed by atoms with E-state index in [-0.39, 0.29) is 17.8 Å². The minimum Gasteiger partial charge on any atom is -0.374 e. The van der Waals surface area contributed by atoms with Crippen LogP contribution in [0.2, 0.25) is 0 Å². The van der Waals surface area contributed by atoms with Crippen LogP contribution in [0.15, 0.2) is 48.8 Å². The molecule has 9 heteroatoms. The highest BCUT2D eigenvalue weighted by Crippen LogP contribution is 2.28. The number of carbonyl (C=O) groups is 1. The van der Waals surface area contributed by atoms with E-state index in [1.165, 1.54) is 16.9 Å². The van der Waals surface area contributed by atoms with Gasteiger partial charge in [-0.1, -0.05) is 24.3 Å². The second kappa shape index (κ2) is 9.30. The fraction of sp³-hybridized carbons (Fsp3) is 0.318. The highest BCUT2D eigenvalue weighted by molar-refractivity contribution is 5.95. The van der Waals surface area contributed by atoms with Gasteiger partial charge in [0, 0.05) is 12.7 Å². The highest BCUT2D eigenvalue weighted by Gasteiger charge is 2.30. The highest BCUT2D eigenvalue weighted by atomic mass is 19.4. The van der Waals surface area contributed by atoms with E-state index in [2.05, 4.69) is 15.4 Å². The first-order valence-corrected chi connectivity index (χ1v) is 9.71. The summed E-state index contributed by atoms with van der Waals surface area (Å²) in [6.07, 6.45) is -2.26. The summed E-state index contributed by atoms with van der Waals surface area (Å²) in [6, 6.07) is 9.81. The first kappa shape index (κ1) is 22.5. The first-order valence-electron chi connectivity index (χ1n) is 9.71. The average molecular weight is 432 g/mol. The molecule has 164 valence electrons. The van der Waals surface area contributed by atoms with Gasteiger partial charge >= 0.3 is 6.18 Å². The summed E-state index contributed by atoms with van der Waals surface area (Å²) in [6.45, 7) is 6.32. The molecule has 3 rings (SSSR count). The van der Waals surface area contributed by atoms with Gasteiger partial charge in [0.05, 0.1) is 35.7 Å². The molecule has 0 aliphatic carbocycles. The first-order chi connectivity index (χ1) is 14.7. The fourth-order valence-electron chi connectivity index (χ4n) is 2.94. The summed E-state index contributed by atoms with van der Waals surface area (Å²) < 4.78 is 45.2. The van der Waals surface area contributed by atoms with Crippen molar-refractivity contribution in [2.24, 2.45) is 0 Å². The van der Waals surface area contributed by atoms with Crippen LogP contribution in [-0.2, 0) is 24.1 Å². The van der Waals surface area contributed by atoms with Gasteiger partial charge < -0.3 is 10.1 Å². The SMILES string of the molecule is Cc1c(C(=O)NCc2ccccc2COC(C)C)cnn1-c1ccc(C(F)(F)F)cn1. The number of pyridine rings is 1. The molecule has 1 aromatic carbocycles. The van der Waals surface area contributed by atoms with Crippen LogP contribution in [0.25, 0.3) is 5.82 Å². The van der Waals surface area contributed by atoms with Crippen molar-refractivity contribution in [3.8, 4) is 5.82 Å². The third-order valence-corrected chi connectivity index (χ3v) is 4.68. The zero-order valence-electron chi connectivity index (χ0n) is 17.4. The summed E-state index contributed by atoms with van der Waals surface area (Å²) in [7, 11) is 0. The van der Waals surface area contributed by atoms with E-state index >= 15 is 0 Å². The van der Waals surface area contributed by atoms with Crippen molar-refractivity contribution in [1.82, 2.24) is 20.1 Å². The minimum atomic E-state index is -4.47. The van der Waals surface area contributed by atoms with Crippen LogP contribution < -0.4 is 5.32 Å². The number of nitrogens with zero attached hydrogens (tertiary/aromatic N) is 3. The van der Waals surface area contributed by atoms with Gasteiger partial charge in [-0.05, 0) is 44.0 Å². The molecule has 0 spiro atoms. The van der Waals surface area contributed by atoms with E-state index in [9.17, 15) is 18.0 Å². The Hall–Kier alpha value is -3.20. The summed E-state index contributed by atoms with van der Waals surface area (Å²) in [4.78, 5) is 16.5. The van der Waals surface area contributed by atoms with Crippen molar-refractivity contribution in [1.29, 1.82) is 0 Å². The maximum Gasteiger partial charge on any atom is 0.417 e. The molecule has 6 nitrogen and oxygen atoms in total. The number of rotatable bonds is 7. The van der Waals surface area contributed by atoms with Gasteiger partial charge in [0.25, 0.3) is 5.91 Å². The Morgan fingerprint density at radius 3 is 2.45 bits per heavy atom. The predicted octanol–water partition coefficient (Wildman–Crippen LogP) is 4.45. The molecule has 3 aromatic rings. The van der Waals surface area contributed by atoms with E-state index in [4.69, 9.17) is 4.74 Å². The summed E-state index contributed by atoms with van der Waals surface area (Å²) in [5.74, 6) is -0.143. The van der Waals surface area contributed by atoms with Gasteiger partial charge in [0.1, 0.15) is 0 Å². The van der Waals surface area contributed by atoms with Crippen LogP contribution in [-0.4, -0.2) is 26.8 Å². The molecule has 0 fully saturated rings. The Morgan fingerprint density at radius 2 is 1.84 bits per heavy atom. The number of ether oxygens (including phenoxy) is 1. The molecule has 31 heavy (non-hydrogen) atoms. The molecule has 0 saturated carbocycles.